The monoisotopic (exact) mass is 398 g/mol. The fraction of sp³-hybridized carbons (Fsp3) is 0. The summed E-state index contributed by atoms with van der Waals surface area (Å²) in [6.45, 7) is 0. The molecular weight excluding hydrogens is 385 g/mol. The van der Waals surface area contributed by atoms with Gasteiger partial charge in [-0.25, -0.2) is 9.13 Å². The molecule has 24 heavy (non-hydrogen) atoms. The van der Waals surface area contributed by atoms with Gasteiger partial charge in [-0.2, -0.15) is 4.31 Å². The molecule has 0 bridgehead atoms. The van der Waals surface area contributed by atoms with Crippen molar-refractivity contribution in [3.63, 3.8) is 0 Å². The van der Waals surface area contributed by atoms with Crippen LogP contribution in [-0.2, 0) is 13.4 Å². The third-order valence-corrected chi connectivity index (χ3v) is 4.70. The Morgan fingerprint density at radius 1 is 0.833 bits per heavy atom. The van der Waals surface area contributed by atoms with Crippen LogP contribution >= 0.6 is 15.6 Å². The van der Waals surface area contributed by atoms with Gasteiger partial charge >= 0.3 is 67.0 Å². The fourth-order valence-electron chi connectivity index (χ4n) is 1.71. The Kier molecular flexibility index (Phi) is 8.19. The van der Waals surface area contributed by atoms with E-state index in [0.29, 0.717) is 11.1 Å². The van der Waals surface area contributed by atoms with Crippen molar-refractivity contribution in [2.24, 2.45) is 0 Å². The van der Waals surface area contributed by atoms with Crippen molar-refractivity contribution in [3.05, 3.63) is 65.7 Å². The molecule has 0 aliphatic carbocycles. The van der Waals surface area contributed by atoms with Crippen molar-refractivity contribution in [2.75, 3.05) is 0 Å². The van der Waals surface area contributed by atoms with E-state index in [4.69, 9.17) is 9.79 Å². The number of carbonyl (C=O) groups is 1. The standard InChI is InChI=1S/C13H12O8P2.K.H/c14-13(10-4-2-1-3-5-10)11-6-8-12(9-7-11)20-23(18,19)21-22(15,16)17;;/h1-9H,(H,18,19)(H2,15,16,17);;. The molecule has 0 heterocycles. The molecular formula is C13H13KO8P2. The van der Waals surface area contributed by atoms with E-state index in [1.807, 2.05) is 0 Å². The van der Waals surface area contributed by atoms with Crippen LogP contribution in [0.15, 0.2) is 54.6 Å². The summed E-state index contributed by atoms with van der Waals surface area (Å²) in [5, 5.41) is 0. The van der Waals surface area contributed by atoms with Crippen molar-refractivity contribution in [2.45, 2.75) is 0 Å². The summed E-state index contributed by atoms with van der Waals surface area (Å²) in [5.41, 5.74) is 0.783. The molecule has 1 atom stereocenters. The van der Waals surface area contributed by atoms with Gasteiger partial charge in [-0.1, -0.05) is 30.3 Å². The van der Waals surface area contributed by atoms with Crippen molar-refractivity contribution in [1.29, 1.82) is 0 Å². The van der Waals surface area contributed by atoms with Gasteiger partial charge in [0.05, 0.1) is 0 Å². The third-order valence-electron chi connectivity index (χ3n) is 2.58. The molecule has 0 saturated heterocycles. The van der Waals surface area contributed by atoms with Crippen LogP contribution in [0.5, 0.6) is 5.75 Å². The second-order valence-electron chi connectivity index (χ2n) is 4.35. The number of hydrogen-bond donors (Lipinski definition) is 3. The number of ketones is 1. The zero-order chi connectivity index (χ0) is 17.1. The van der Waals surface area contributed by atoms with E-state index in [2.05, 4.69) is 8.83 Å². The maximum atomic E-state index is 12.2. The maximum absolute atomic E-state index is 12.2. The molecule has 0 spiro atoms. The molecule has 8 nitrogen and oxygen atoms in total. The Morgan fingerprint density at radius 3 is 1.83 bits per heavy atom. The molecule has 2 rings (SSSR count). The van der Waals surface area contributed by atoms with Crippen LogP contribution in [0.4, 0.5) is 0 Å². The molecule has 11 heteroatoms. The molecule has 2 aromatic rings. The van der Waals surface area contributed by atoms with Gasteiger partial charge in [0.25, 0.3) is 0 Å². The van der Waals surface area contributed by atoms with Crippen molar-refractivity contribution >= 4 is 72.8 Å². The first-order valence-corrected chi connectivity index (χ1v) is 9.18. The molecule has 0 aromatic heterocycles. The van der Waals surface area contributed by atoms with E-state index in [9.17, 15) is 18.8 Å². The van der Waals surface area contributed by atoms with E-state index in [1.165, 1.54) is 24.3 Å². The number of rotatable bonds is 6. The van der Waals surface area contributed by atoms with Gasteiger partial charge in [0, 0.05) is 11.1 Å². The van der Waals surface area contributed by atoms with Crippen LogP contribution in [0.2, 0.25) is 0 Å². The molecule has 0 aliphatic heterocycles. The number of benzene rings is 2. The summed E-state index contributed by atoms with van der Waals surface area (Å²) < 4.78 is 30.1. The van der Waals surface area contributed by atoms with E-state index >= 15 is 0 Å². The molecule has 1 unspecified atom stereocenters. The molecule has 0 fully saturated rings. The minimum atomic E-state index is -5.18. The van der Waals surface area contributed by atoms with Crippen molar-refractivity contribution < 1.29 is 37.4 Å². The predicted molar refractivity (Wildman–Crippen MR) is 87.0 cm³/mol. The topological polar surface area (TPSA) is 130 Å². The van der Waals surface area contributed by atoms with Crippen LogP contribution in [0.25, 0.3) is 0 Å². The summed E-state index contributed by atoms with van der Waals surface area (Å²) in [4.78, 5) is 38.4. The molecule has 124 valence electrons. The van der Waals surface area contributed by atoms with Gasteiger partial charge in [0.2, 0.25) is 0 Å². The molecule has 3 N–H and O–H groups in total. The minimum absolute atomic E-state index is 0. The third kappa shape index (κ3) is 6.99. The Bertz CT molecular complexity index is 787. The Labute approximate surface area is 180 Å². The Hall–Kier alpha value is -0.154. The van der Waals surface area contributed by atoms with Gasteiger partial charge in [0.15, 0.2) is 5.78 Å². The Morgan fingerprint density at radius 2 is 1.33 bits per heavy atom. The van der Waals surface area contributed by atoms with E-state index in [1.54, 1.807) is 30.3 Å². The first-order chi connectivity index (χ1) is 10.7. The van der Waals surface area contributed by atoms with E-state index in [-0.39, 0.29) is 62.9 Å². The molecule has 0 saturated carbocycles. The van der Waals surface area contributed by atoms with Crippen LogP contribution < -0.4 is 4.52 Å². The van der Waals surface area contributed by atoms with Crippen molar-refractivity contribution in [1.82, 2.24) is 0 Å². The van der Waals surface area contributed by atoms with Gasteiger partial charge in [-0.05, 0) is 24.3 Å². The van der Waals surface area contributed by atoms with Crippen LogP contribution in [0.1, 0.15) is 15.9 Å². The van der Waals surface area contributed by atoms with Gasteiger partial charge in [0.1, 0.15) is 5.75 Å². The fourth-order valence-corrected chi connectivity index (χ4v) is 3.30. The summed E-state index contributed by atoms with van der Waals surface area (Å²) in [5.74, 6) is -0.440. The Balaban J connectivity index is 0.00000288. The van der Waals surface area contributed by atoms with Gasteiger partial charge in [-0.15, -0.1) is 0 Å². The average Bonchev–Trinajstić information content (AvgIpc) is 2.45. The molecule has 0 aliphatic rings. The molecule has 0 amide bonds. The normalized spacial score (nSPS) is 13.5. The van der Waals surface area contributed by atoms with E-state index < -0.39 is 15.6 Å². The number of phosphoric ester groups is 1. The summed E-state index contributed by atoms with van der Waals surface area (Å²) in [7, 11) is -10.2. The number of hydrogen-bond acceptors (Lipinski definition) is 5. The number of phosphoric acid groups is 2. The van der Waals surface area contributed by atoms with Crippen LogP contribution in [0.3, 0.4) is 0 Å². The van der Waals surface area contributed by atoms with Crippen LogP contribution in [0, 0.1) is 0 Å². The molecule has 2 aromatic carbocycles. The second kappa shape index (κ2) is 8.98. The first-order valence-electron chi connectivity index (χ1n) is 6.15. The van der Waals surface area contributed by atoms with Crippen LogP contribution in [-0.4, -0.2) is 71.8 Å². The second-order valence-corrected chi connectivity index (χ2v) is 7.11. The SMILES string of the molecule is O=C(c1ccccc1)c1ccc(OP(=O)(O)OP(=O)(O)O)cc1.[KH]. The summed E-state index contributed by atoms with van der Waals surface area (Å²) in [6, 6.07) is 13.6. The van der Waals surface area contributed by atoms with Gasteiger partial charge in [-0.3, -0.25) is 9.69 Å². The zero-order valence-electron chi connectivity index (χ0n) is 11.5. The zero-order valence-corrected chi connectivity index (χ0v) is 13.3. The van der Waals surface area contributed by atoms with Crippen molar-refractivity contribution in [3.8, 4) is 5.75 Å². The molecule has 0 radical (unpaired) electrons. The summed E-state index contributed by atoms with van der Waals surface area (Å²) in [6.07, 6.45) is 0. The van der Waals surface area contributed by atoms with E-state index in [0.717, 1.165) is 0 Å². The summed E-state index contributed by atoms with van der Waals surface area (Å²) >= 11 is 0. The predicted octanol–water partition coefficient (Wildman–Crippen LogP) is 1.86. The average molecular weight is 398 g/mol. The quantitative estimate of drug-likeness (QED) is 0.382. The van der Waals surface area contributed by atoms with Gasteiger partial charge < -0.3 is 14.3 Å². The first kappa shape index (κ1) is 21.9. The number of carbonyl (C=O) groups excluding carboxylic acids is 1.